The molecule has 13 heteroatoms. The van der Waals surface area contributed by atoms with Crippen LogP contribution in [0.1, 0.15) is 206 Å². The van der Waals surface area contributed by atoms with E-state index in [1.54, 1.807) is 0 Å². The van der Waals surface area contributed by atoms with E-state index in [0.29, 0.717) is 13.0 Å². The summed E-state index contributed by atoms with van der Waals surface area (Å²) in [4.78, 5) is 12.9. The lowest BCUT2D eigenvalue weighted by atomic mass is 9.99. The van der Waals surface area contributed by atoms with Gasteiger partial charge in [0.15, 0.2) is 6.29 Å². The summed E-state index contributed by atoms with van der Waals surface area (Å²) < 4.78 is 59.2. The van der Waals surface area contributed by atoms with E-state index in [1.165, 1.54) is 116 Å². The Morgan fingerprint density at radius 1 is 0.609 bits per heavy atom. The highest BCUT2D eigenvalue weighted by Crippen LogP contribution is 2.26. The van der Waals surface area contributed by atoms with Crippen LogP contribution in [0.4, 0.5) is 0 Å². The average molecular weight is 929 g/mol. The van der Waals surface area contributed by atoms with Crippen LogP contribution in [0.15, 0.2) is 48.6 Å². The summed E-state index contributed by atoms with van der Waals surface area (Å²) in [5.41, 5.74) is 0. The van der Waals surface area contributed by atoms with Crippen molar-refractivity contribution in [1.29, 1.82) is 0 Å². The van der Waals surface area contributed by atoms with E-state index in [0.717, 1.165) is 64.2 Å². The molecule has 1 rings (SSSR count). The van der Waals surface area contributed by atoms with Gasteiger partial charge < -0.3 is 34.3 Å². The Hall–Kier alpha value is -1.94. The third-order valence-corrected chi connectivity index (χ3v) is 11.9. The third-order valence-electron chi connectivity index (χ3n) is 11.4. The minimum atomic E-state index is -5.07. The second-order valence-corrected chi connectivity index (χ2v) is 18.4. The first-order valence-corrected chi connectivity index (χ1v) is 26.8. The molecule has 0 aromatic heterocycles. The molecule has 1 aliphatic heterocycles. The van der Waals surface area contributed by atoms with Crippen molar-refractivity contribution in [3.63, 3.8) is 0 Å². The van der Waals surface area contributed by atoms with Gasteiger partial charge in [0.05, 0.1) is 19.8 Å². The third kappa shape index (κ3) is 35.3. The molecule has 0 aliphatic carbocycles. The Labute approximate surface area is 389 Å². The molecular formula is C51H92O12S. The fourth-order valence-electron chi connectivity index (χ4n) is 7.62. The molecule has 374 valence electrons. The van der Waals surface area contributed by atoms with Gasteiger partial charge in [0.25, 0.3) is 0 Å². The molecule has 0 amide bonds. The van der Waals surface area contributed by atoms with Gasteiger partial charge in [-0.2, -0.15) is 8.42 Å². The van der Waals surface area contributed by atoms with Gasteiger partial charge in [-0.3, -0.25) is 9.35 Å². The first-order chi connectivity index (χ1) is 31.1. The van der Waals surface area contributed by atoms with E-state index in [4.69, 9.17) is 18.9 Å². The second-order valence-electron chi connectivity index (χ2n) is 17.4. The lowest BCUT2D eigenvalue weighted by molar-refractivity contribution is -0.301. The average Bonchev–Trinajstić information content (AvgIpc) is 3.27. The van der Waals surface area contributed by atoms with E-state index in [-0.39, 0.29) is 19.6 Å². The second kappa shape index (κ2) is 42.4. The van der Waals surface area contributed by atoms with Crippen molar-refractivity contribution in [2.45, 2.75) is 243 Å². The Kier molecular flexibility index (Phi) is 39.8. The summed E-state index contributed by atoms with van der Waals surface area (Å²) in [6, 6.07) is 0. The van der Waals surface area contributed by atoms with Gasteiger partial charge in [0.2, 0.25) is 0 Å². The van der Waals surface area contributed by atoms with Crippen molar-refractivity contribution in [2.24, 2.45) is 0 Å². The molecule has 0 radical (unpaired) electrons. The summed E-state index contributed by atoms with van der Waals surface area (Å²) in [5.74, 6) is -0.404. The molecule has 12 nitrogen and oxygen atoms in total. The highest BCUT2D eigenvalue weighted by Gasteiger charge is 2.48. The van der Waals surface area contributed by atoms with Gasteiger partial charge in [-0.1, -0.05) is 178 Å². The van der Waals surface area contributed by atoms with Crippen LogP contribution in [0.25, 0.3) is 0 Å². The van der Waals surface area contributed by atoms with Gasteiger partial charge in [-0.05, 0) is 70.6 Å². The maximum Gasteiger partial charge on any atom is 0.397 e. The number of carbonyl (C=O) groups is 1. The zero-order valence-electron chi connectivity index (χ0n) is 40.1. The maximum atomic E-state index is 12.9. The Morgan fingerprint density at radius 3 is 1.59 bits per heavy atom. The molecule has 1 saturated heterocycles. The molecule has 1 heterocycles. The molecule has 0 saturated carbocycles. The molecule has 4 N–H and O–H groups in total. The monoisotopic (exact) mass is 929 g/mol. The molecule has 0 aromatic rings. The molecule has 0 spiro atoms. The predicted molar refractivity (Wildman–Crippen MR) is 257 cm³/mol. The number of ether oxygens (including phenoxy) is 4. The van der Waals surface area contributed by atoms with Gasteiger partial charge in [0, 0.05) is 13.0 Å². The van der Waals surface area contributed by atoms with E-state index < -0.39 is 59.8 Å². The van der Waals surface area contributed by atoms with Crippen LogP contribution in [0.3, 0.4) is 0 Å². The number of aliphatic hydroxyl groups is 3. The minimum absolute atomic E-state index is 0.0298. The number of rotatable bonds is 44. The Bertz CT molecular complexity index is 1300. The van der Waals surface area contributed by atoms with E-state index in [2.05, 4.69) is 66.6 Å². The predicted octanol–water partition coefficient (Wildman–Crippen LogP) is 11.5. The van der Waals surface area contributed by atoms with Crippen molar-refractivity contribution in [2.75, 3.05) is 26.4 Å². The van der Waals surface area contributed by atoms with Crippen LogP contribution in [0.2, 0.25) is 0 Å². The van der Waals surface area contributed by atoms with Crippen molar-refractivity contribution in [3.05, 3.63) is 48.6 Å². The Morgan fingerprint density at radius 2 is 1.08 bits per heavy atom. The standard InChI is InChI=1S/C51H92O12S/c1-3-5-7-9-11-13-15-17-19-21-23-24-26-28-30-32-34-36-38-40-47(53)61-45(44-60-51-49(55)50(63-64(56,57)58)48(54)46(42-52)62-51)43-59-41-39-37-35-33-31-29-27-25-22-20-18-16-14-12-10-8-6-4-2/h6,8,12,14,17-20,45-46,48-52,54-55H,3-5,7,9-11,13,15-16,21-44H2,1-2H3,(H,56,57,58)/b8-6-,14-12-,19-17-,20-18-. The fourth-order valence-corrected chi connectivity index (χ4v) is 8.13. The number of allylic oxidation sites excluding steroid dienone is 8. The zero-order valence-corrected chi connectivity index (χ0v) is 40.9. The van der Waals surface area contributed by atoms with Gasteiger partial charge in [-0.25, -0.2) is 4.18 Å². The summed E-state index contributed by atoms with van der Waals surface area (Å²) in [5, 5.41) is 30.7. The van der Waals surface area contributed by atoms with E-state index >= 15 is 0 Å². The van der Waals surface area contributed by atoms with E-state index in [1.807, 2.05) is 0 Å². The summed E-state index contributed by atoms with van der Waals surface area (Å²) in [6.45, 7) is 3.87. The molecule has 64 heavy (non-hydrogen) atoms. The summed E-state index contributed by atoms with van der Waals surface area (Å²) in [7, 11) is -5.07. The molecule has 1 fully saturated rings. The van der Waals surface area contributed by atoms with Gasteiger partial charge in [-0.15, -0.1) is 0 Å². The molecule has 6 atom stereocenters. The van der Waals surface area contributed by atoms with Crippen molar-refractivity contribution in [1.82, 2.24) is 0 Å². The van der Waals surface area contributed by atoms with Crippen molar-refractivity contribution >= 4 is 16.4 Å². The molecule has 6 unspecified atom stereocenters. The fraction of sp³-hybridized carbons (Fsp3) is 0.824. The molecule has 0 aromatic carbocycles. The number of hydrogen-bond donors (Lipinski definition) is 4. The lowest BCUT2D eigenvalue weighted by Gasteiger charge is -2.41. The topological polar surface area (TPSA) is 178 Å². The number of unbranched alkanes of at least 4 members (excludes halogenated alkanes) is 23. The molecule has 0 bridgehead atoms. The van der Waals surface area contributed by atoms with Crippen LogP contribution in [0, 0.1) is 0 Å². The van der Waals surface area contributed by atoms with Crippen molar-refractivity contribution in [3.8, 4) is 0 Å². The number of esters is 1. The summed E-state index contributed by atoms with van der Waals surface area (Å²) in [6.07, 6.45) is 42.8. The first kappa shape index (κ1) is 60.1. The quantitative estimate of drug-likeness (QED) is 0.0197. The van der Waals surface area contributed by atoms with Crippen LogP contribution in [-0.2, 0) is 38.3 Å². The molecule has 1 aliphatic rings. The highest BCUT2D eigenvalue weighted by molar-refractivity contribution is 7.80. The molecular weight excluding hydrogens is 837 g/mol. The Balaban J connectivity index is 2.37. The normalized spacial score (nSPS) is 20.1. The van der Waals surface area contributed by atoms with Crippen LogP contribution in [0.5, 0.6) is 0 Å². The van der Waals surface area contributed by atoms with Crippen LogP contribution >= 0.6 is 0 Å². The van der Waals surface area contributed by atoms with Crippen LogP contribution in [-0.4, -0.2) is 97.5 Å². The number of carbonyl (C=O) groups excluding carboxylic acids is 1. The maximum absolute atomic E-state index is 12.9. The number of aliphatic hydroxyl groups excluding tert-OH is 3. The largest absolute Gasteiger partial charge is 0.457 e. The first-order valence-electron chi connectivity index (χ1n) is 25.4. The highest BCUT2D eigenvalue weighted by atomic mass is 32.3. The van der Waals surface area contributed by atoms with Gasteiger partial charge in [0.1, 0.15) is 30.5 Å². The smallest absolute Gasteiger partial charge is 0.397 e. The van der Waals surface area contributed by atoms with Gasteiger partial charge >= 0.3 is 16.4 Å². The SMILES string of the molecule is CC/C=C\C/C=C\C/C=C\CCCCCCCCCCOCC(COC1OC(CO)C(O)C(OS(=O)(=O)O)C1O)OC(=O)CCCCCCCCCCC/C=C\CCCCCCCC. The van der Waals surface area contributed by atoms with Crippen molar-refractivity contribution < 1.29 is 56.2 Å². The zero-order chi connectivity index (χ0) is 46.8. The van der Waals surface area contributed by atoms with E-state index in [9.17, 15) is 33.1 Å². The number of hydrogen-bond acceptors (Lipinski definition) is 11. The summed E-state index contributed by atoms with van der Waals surface area (Å²) >= 11 is 0. The minimum Gasteiger partial charge on any atom is -0.457 e. The van der Waals surface area contributed by atoms with Crippen LogP contribution < -0.4 is 0 Å². The lowest BCUT2D eigenvalue weighted by Crippen LogP contribution is -2.60.